The second-order valence-electron chi connectivity index (χ2n) is 3.86. The third-order valence-corrected chi connectivity index (χ3v) is 2.19. The molecule has 0 aromatic carbocycles. The number of rotatable bonds is 0. The first kappa shape index (κ1) is 11.9. The van der Waals surface area contributed by atoms with Crippen molar-refractivity contribution in [2.45, 2.75) is 0 Å². The van der Waals surface area contributed by atoms with Gasteiger partial charge >= 0.3 is 0 Å². The molecule has 2 saturated heterocycles. The lowest BCUT2D eigenvalue weighted by Crippen LogP contribution is -2.45. The average Bonchev–Trinajstić information content (AvgIpc) is 2.50. The summed E-state index contributed by atoms with van der Waals surface area (Å²) in [7, 11) is 3.84. The first-order valence-electron chi connectivity index (χ1n) is 4.98. The van der Waals surface area contributed by atoms with Crippen molar-refractivity contribution in [3.05, 3.63) is 0 Å². The van der Waals surface area contributed by atoms with Crippen LogP contribution in [0, 0.1) is 0 Å². The maximum absolute atomic E-state index is 10.5. The van der Waals surface area contributed by atoms with Crippen molar-refractivity contribution >= 4 is 11.8 Å². The molecule has 2 fully saturated rings. The molecular weight excluding hydrogens is 196 g/mol. The summed E-state index contributed by atoms with van der Waals surface area (Å²) < 4.78 is 0. The van der Waals surface area contributed by atoms with Crippen molar-refractivity contribution in [1.82, 2.24) is 20.4 Å². The summed E-state index contributed by atoms with van der Waals surface area (Å²) in [6.45, 7) is 3.60. The molecule has 0 radical (unpaired) electrons. The highest BCUT2D eigenvalue weighted by atomic mass is 16.2. The van der Waals surface area contributed by atoms with Gasteiger partial charge in [0.2, 0.25) is 11.8 Å². The molecular formula is C9H18N4O2. The lowest BCUT2D eigenvalue weighted by atomic mass is 10.4. The maximum Gasteiger partial charge on any atom is 0.235 e. The van der Waals surface area contributed by atoms with Crippen molar-refractivity contribution in [2.75, 3.05) is 46.9 Å². The molecule has 86 valence electrons. The molecule has 2 N–H and O–H groups in total. The van der Waals surface area contributed by atoms with Crippen molar-refractivity contribution in [3.63, 3.8) is 0 Å². The van der Waals surface area contributed by atoms with Crippen LogP contribution in [0.2, 0.25) is 0 Å². The number of hydrogen-bond acceptors (Lipinski definition) is 4. The molecule has 0 aromatic heterocycles. The summed E-state index contributed by atoms with van der Waals surface area (Å²) in [5, 5.41) is 5.39. The number of likely N-dealkylation sites (N-methyl/N-ethyl adjacent to an activating group) is 2. The second-order valence-corrected chi connectivity index (χ2v) is 3.86. The van der Waals surface area contributed by atoms with Crippen LogP contribution < -0.4 is 10.6 Å². The molecule has 0 bridgehead atoms. The van der Waals surface area contributed by atoms with Gasteiger partial charge in [-0.1, -0.05) is 0 Å². The normalized spacial score (nSPS) is 22.8. The summed E-state index contributed by atoms with van der Waals surface area (Å²) in [6.07, 6.45) is 0. The predicted octanol–water partition coefficient (Wildman–Crippen LogP) is -1.95. The fourth-order valence-electron chi connectivity index (χ4n) is 1.35. The lowest BCUT2D eigenvalue weighted by Gasteiger charge is -2.21. The highest BCUT2D eigenvalue weighted by molar-refractivity contribution is 5.79. The fourth-order valence-corrected chi connectivity index (χ4v) is 1.35. The van der Waals surface area contributed by atoms with Crippen molar-refractivity contribution < 1.29 is 9.59 Å². The minimum atomic E-state index is 0.127. The van der Waals surface area contributed by atoms with Gasteiger partial charge in [0, 0.05) is 13.1 Å². The molecule has 0 unspecified atom stereocenters. The van der Waals surface area contributed by atoms with Gasteiger partial charge in [-0.15, -0.1) is 0 Å². The summed E-state index contributed by atoms with van der Waals surface area (Å²) in [5.74, 6) is 0.265. The molecule has 2 rings (SSSR count). The predicted molar refractivity (Wildman–Crippen MR) is 56.1 cm³/mol. The first-order valence-corrected chi connectivity index (χ1v) is 4.98. The quantitative estimate of drug-likeness (QED) is 0.492. The lowest BCUT2D eigenvalue weighted by molar-refractivity contribution is -0.123. The van der Waals surface area contributed by atoms with Crippen LogP contribution in [-0.4, -0.2) is 68.6 Å². The van der Waals surface area contributed by atoms with Gasteiger partial charge in [-0.2, -0.15) is 0 Å². The number of nitrogens with one attached hydrogen (secondary N) is 2. The van der Waals surface area contributed by atoms with Crippen molar-refractivity contribution in [1.29, 1.82) is 0 Å². The molecule has 0 spiro atoms. The molecule has 0 saturated carbocycles. The van der Waals surface area contributed by atoms with E-state index in [0.29, 0.717) is 19.8 Å². The second kappa shape index (κ2) is 5.67. The van der Waals surface area contributed by atoms with Crippen LogP contribution in [0.15, 0.2) is 0 Å². The van der Waals surface area contributed by atoms with Crippen molar-refractivity contribution in [3.8, 4) is 0 Å². The topological polar surface area (TPSA) is 64.7 Å². The SMILES string of the molecule is CN1CCNC(=O)C1.CN1CNC(=O)C1. The van der Waals surface area contributed by atoms with E-state index in [0.717, 1.165) is 13.1 Å². The zero-order valence-electron chi connectivity index (χ0n) is 9.25. The van der Waals surface area contributed by atoms with Crippen LogP contribution in [0.25, 0.3) is 0 Å². The van der Waals surface area contributed by atoms with Gasteiger partial charge in [0.05, 0.1) is 19.8 Å². The number of hydrogen-bond donors (Lipinski definition) is 2. The van der Waals surface area contributed by atoms with E-state index < -0.39 is 0 Å². The Balaban J connectivity index is 0.000000151. The van der Waals surface area contributed by atoms with E-state index in [1.165, 1.54) is 0 Å². The van der Waals surface area contributed by atoms with Crippen molar-refractivity contribution in [2.24, 2.45) is 0 Å². The van der Waals surface area contributed by atoms with Gasteiger partial charge in [-0.3, -0.25) is 19.4 Å². The van der Waals surface area contributed by atoms with E-state index in [-0.39, 0.29) is 11.8 Å². The zero-order valence-corrected chi connectivity index (χ0v) is 9.25. The molecule has 0 atom stereocenters. The minimum Gasteiger partial charge on any atom is -0.354 e. The van der Waals surface area contributed by atoms with E-state index in [4.69, 9.17) is 0 Å². The summed E-state index contributed by atoms with van der Waals surface area (Å²) in [5.41, 5.74) is 0. The Morgan fingerprint density at radius 2 is 1.60 bits per heavy atom. The fraction of sp³-hybridized carbons (Fsp3) is 0.778. The molecule has 2 aliphatic heterocycles. The van der Waals surface area contributed by atoms with Gasteiger partial charge in [-0.05, 0) is 14.1 Å². The zero-order chi connectivity index (χ0) is 11.3. The first-order chi connectivity index (χ1) is 7.08. The van der Waals surface area contributed by atoms with Crippen LogP contribution in [0.1, 0.15) is 0 Å². The van der Waals surface area contributed by atoms with E-state index in [1.807, 2.05) is 23.9 Å². The molecule has 15 heavy (non-hydrogen) atoms. The van der Waals surface area contributed by atoms with Crippen LogP contribution in [-0.2, 0) is 9.59 Å². The summed E-state index contributed by atoms with van der Waals surface area (Å²) >= 11 is 0. The Hall–Kier alpha value is -1.14. The summed E-state index contributed by atoms with van der Waals surface area (Å²) in [6, 6.07) is 0. The highest BCUT2D eigenvalue weighted by Gasteiger charge is 2.12. The smallest absolute Gasteiger partial charge is 0.235 e. The number of nitrogens with zero attached hydrogens (tertiary/aromatic N) is 2. The van der Waals surface area contributed by atoms with E-state index in [9.17, 15) is 9.59 Å². The molecule has 2 aliphatic rings. The monoisotopic (exact) mass is 214 g/mol. The average molecular weight is 214 g/mol. The van der Waals surface area contributed by atoms with Crippen LogP contribution in [0.5, 0.6) is 0 Å². The van der Waals surface area contributed by atoms with Crippen LogP contribution >= 0.6 is 0 Å². The van der Waals surface area contributed by atoms with Gasteiger partial charge < -0.3 is 10.6 Å². The van der Waals surface area contributed by atoms with Gasteiger partial charge in [0.15, 0.2) is 0 Å². The number of piperazine rings is 1. The highest BCUT2D eigenvalue weighted by Crippen LogP contribution is 1.85. The van der Waals surface area contributed by atoms with Gasteiger partial charge in [0.25, 0.3) is 0 Å². The molecule has 0 aromatic rings. The Labute approximate surface area is 89.6 Å². The Morgan fingerprint density at radius 3 is 1.87 bits per heavy atom. The molecule has 6 nitrogen and oxygen atoms in total. The summed E-state index contributed by atoms with van der Waals surface area (Å²) in [4.78, 5) is 24.7. The van der Waals surface area contributed by atoms with Gasteiger partial charge in [0.1, 0.15) is 0 Å². The third-order valence-electron chi connectivity index (χ3n) is 2.19. The largest absolute Gasteiger partial charge is 0.354 e. The standard InChI is InChI=1S/C5H10N2O.C4H8N2O/c1-7-3-2-6-5(8)4-7;1-6-2-4(7)5-3-6/h2-4H2,1H3,(H,6,8);2-3H2,1H3,(H,5,7). The van der Waals surface area contributed by atoms with Crippen LogP contribution in [0.3, 0.4) is 0 Å². The maximum atomic E-state index is 10.5. The van der Waals surface area contributed by atoms with E-state index >= 15 is 0 Å². The van der Waals surface area contributed by atoms with Crippen LogP contribution in [0.4, 0.5) is 0 Å². The molecule has 2 amide bonds. The number of carbonyl (C=O) groups excluding carboxylic acids is 2. The third kappa shape index (κ3) is 4.75. The Morgan fingerprint density at radius 1 is 1.00 bits per heavy atom. The number of amides is 2. The Bertz CT molecular complexity index is 244. The van der Waals surface area contributed by atoms with Gasteiger partial charge in [-0.25, -0.2) is 0 Å². The molecule has 0 aliphatic carbocycles. The van der Waals surface area contributed by atoms with E-state index in [1.54, 1.807) is 0 Å². The molecule has 6 heteroatoms. The number of carbonyl (C=O) groups is 2. The minimum absolute atomic E-state index is 0.127. The van der Waals surface area contributed by atoms with E-state index in [2.05, 4.69) is 10.6 Å². The molecule has 2 heterocycles. The Kier molecular flexibility index (Phi) is 4.51.